The van der Waals surface area contributed by atoms with E-state index >= 15 is 0 Å². The van der Waals surface area contributed by atoms with Crippen molar-refractivity contribution in [3.8, 4) is 0 Å². The summed E-state index contributed by atoms with van der Waals surface area (Å²) in [5, 5.41) is 0. The predicted molar refractivity (Wildman–Crippen MR) is 72.5 cm³/mol. The van der Waals surface area contributed by atoms with Gasteiger partial charge in [-0.3, -0.25) is 11.3 Å². The minimum absolute atomic E-state index is 0.186. The lowest BCUT2D eigenvalue weighted by Gasteiger charge is -2.43. The second kappa shape index (κ2) is 6.17. The smallest absolute Gasteiger partial charge is 0.0794 e. The molecule has 4 atom stereocenters. The van der Waals surface area contributed by atoms with Crippen LogP contribution in [0.3, 0.4) is 0 Å². The normalized spacial score (nSPS) is 32.5. The third-order valence-electron chi connectivity index (χ3n) is 4.56. The monoisotopic (exact) mass is 242 g/mol. The molecule has 0 saturated heterocycles. The van der Waals surface area contributed by atoms with Crippen LogP contribution >= 0.6 is 0 Å². The summed E-state index contributed by atoms with van der Waals surface area (Å²) in [6, 6.07) is 0.248. The van der Waals surface area contributed by atoms with Crippen molar-refractivity contribution in [3.63, 3.8) is 0 Å². The molecule has 0 amide bonds. The number of nitrogens with two attached hydrogens (primary N) is 1. The zero-order valence-corrected chi connectivity index (χ0v) is 12.1. The van der Waals surface area contributed by atoms with E-state index in [2.05, 4.69) is 33.1 Å². The maximum Gasteiger partial charge on any atom is 0.0794 e. The molecule has 0 aromatic carbocycles. The van der Waals surface area contributed by atoms with Crippen LogP contribution in [0.1, 0.15) is 53.9 Å². The van der Waals surface area contributed by atoms with E-state index in [1.807, 2.05) is 6.92 Å². The third kappa shape index (κ3) is 3.67. The van der Waals surface area contributed by atoms with Crippen LogP contribution in [0.25, 0.3) is 0 Å². The van der Waals surface area contributed by atoms with E-state index in [4.69, 9.17) is 10.6 Å². The maximum absolute atomic E-state index is 5.86. The Kier molecular flexibility index (Phi) is 5.42. The van der Waals surface area contributed by atoms with Crippen molar-refractivity contribution < 1.29 is 4.74 Å². The van der Waals surface area contributed by atoms with Crippen LogP contribution in [0, 0.1) is 17.8 Å². The van der Waals surface area contributed by atoms with Crippen LogP contribution < -0.4 is 11.3 Å². The average molecular weight is 242 g/mol. The van der Waals surface area contributed by atoms with E-state index in [1.165, 1.54) is 19.3 Å². The van der Waals surface area contributed by atoms with Crippen LogP contribution in [-0.4, -0.2) is 18.2 Å². The number of hydrogen-bond acceptors (Lipinski definition) is 3. The van der Waals surface area contributed by atoms with Gasteiger partial charge in [0.15, 0.2) is 0 Å². The molecule has 0 aromatic rings. The second-order valence-electron chi connectivity index (χ2n) is 6.21. The Morgan fingerprint density at radius 2 is 1.94 bits per heavy atom. The molecule has 4 unspecified atom stereocenters. The first-order chi connectivity index (χ1) is 7.92. The molecule has 0 radical (unpaired) electrons. The molecule has 0 bridgehead atoms. The fourth-order valence-corrected chi connectivity index (χ4v) is 3.26. The van der Waals surface area contributed by atoms with Crippen molar-refractivity contribution in [1.29, 1.82) is 0 Å². The Bertz CT molecular complexity index is 230. The van der Waals surface area contributed by atoms with Gasteiger partial charge < -0.3 is 4.74 Å². The average Bonchev–Trinajstić information content (AvgIpc) is 2.23. The van der Waals surface area contributed by atoms with Crippen LogP contribution in [0.2, 0.25) is 0 Å². The molecule has 1 aliphatic rings. The van der Waals surface area contributed by atoms with E-state index < -0.39 is 0 Å². The van der Waals surface area contributed by atoms with Gasteiger partial charge in [0.2, 0.25) is 0 Å². The highest BCUT2D eigenvalue weighted by atomic mass is 16.5. The minimum Gasteiger partial charge on any atom is -0.374 e. The molecule has 0 spiro atoms. The van der Waals surface area contributed by atoms with E-state index in [9.17, 15) is 0 Å². The molecule has 3 heteroatoms. The molecule has 1 rings (SSSR count). The summed E-state index contributed by atoms with van der Waals surface area (Å²) in [7, 11) is 0. The third-order valence-corrected chi connectivity index (χ3v) is 4.56. The number of nitrogens with one attached hydrogen (secondary N) is 1. The highest BCUT2D eigenvalue weighted by Gasteiger charge is 2.38. The van der Waals surface area contributed by atoms with Gasteiger partial charge in [-0.1, -0.05) is 20.3 Å². The molecule has 3 N–H and O–H groups in total. The van der Waals surface area contributed by atoms with E-state index in [0.717, 1.165) is 18.4 Å². The molecule has 102 valence electrons. The highest BCUT2D eigenvalue weighted by molar-refractivity contribution is 4.92. The first-order valence-electron chi connectivity index (χ1n) is 7.02. The lowest BCUT2D eigenvalue weighted by Crippen LogP contribution is -2.56. The van der Waals surface area contributed by atoms with Crippen molar-refractivity contribution in [2.45, 2.75) is 65.5 Å². The standard InChI is InChI=1S/C14H30N2O/c1-6-17-14(4,5)13(16-15)12-8-7-10(2)11(3)9-12/h10-13,16H,6-9,15H2,1-5H3. The first-order valence-corrected chi connectivity index (χ1v) is 7.02. The SMILES string of the molecule is CCOC(C)(C)C(NN)C1CCC(C)C(C)C1. The summed E-state index contributed by atoms with van der Waals surface area (Å²) >= 11 is 0. The highest BCUT2D eigenvalue weighted by Crippen LogP contribution is 2.37. The van der Waals surface area contributed by atoms with Crippen molar-refractivity contribution in [3.05, 3.63) is 0 Å². The van der Waals surface area contributed by atoms with Crippen molar-refractivity contribution >= 4 is 0 Å². The molecule has 1 fully saturated rings. The Hall–Kier alpha value is -0.120. The van der Waals surface area contributed by atoms with Crippen molar-refractivity contribution in [2.75, 3.05) is 6.61 Å². The zero-order chi connectivity index (χ0) is 13.1. The van der Waals surface area contributed by atoms with Gasteiger partial charge in [0.05, 0.1) is 11.6 Å². The molecular formula is C14H30N2O. The summed E-state index contributed by atoms with van der Waals surface area (Å²) in [5.74, 6) is 8.04. The minimum atomic E-state index is -0.186. The Balaban J connectivity index is 2.67. The lowest BCUT2D eigenvalue weighted by molar-refractivity contribution is -0.0614. The van der Waals surface area contributed by atoms with E-state index in [1.54, 1.807) is 0 Å². The molecule has 0 heterocycles. The Morgan fingerprint density at radius 1 is 1.29 bits per heavy atom. The molecule has 1 saturated carbocycles. The summed E-state index contributed by atoms with van der Waals surface area (Å²) in [4.78, 5) is 0. The van der Waals surface area contributed by atoms with Crippen LogP contribution in [0.5, 0.6) is 0 Å². The summed E-state index contributed by atoms with van der Waals surface area (Å²) in [6.45, 7) is 11.8. The van der Waals surface area contributed by atoms with Gasteiger partial charge in [0.25, 0.3) is 0 Å². The summed E-state index contributed by atoms with van der Waals surface area (Å²) < 4.78 is 5.86. The van der Waals surface area contributed by atoms with Gasteiger partial charge in [-0.15, -0.1) is 0 Å². The van der Waals surface area contributed by atoms with E-state index in [0.29, 0.717) is 5.92 Å². The lowest BCUT2D eigenvalue weighted by atomic mass is 9.70. The van der Waals surface area contributed by atoms with Gasteiger partial charge >= 0.3 is 0 Å². The summed E-state index contributed by atoms with van der Waals surface area (Å²) in [6.07, 6.45) is 3.83. The quantitative estimate of drug-likeness (QED) is 0.575. The Morgan fingerprint density at radius 3 is 2.41 bits per heavy atom. The number of hydrogen-bond donors (Lipinski definition) is 2. The van der Waals surface area contributed by atoms with Crippen LogP contribution in [0.15, 0.2) is 0 Å². The topological polar surface area (TPSA) is 47.3 Å². The fourth-order valence-electron chi connectivity index (χ4n) is 3.26. The molecule has 1 aliphatic carbocycles. The van der Waals surface area contributed by atoms with Gasteiger partial charge in [0, 0.05) is 6.61 Å². The first kappa shape index (κ1) is 14.9. The molecular weight excluding hydrogens is 212 g/mol. The zero-order valence-electron chi connectivity index (χ0n) is 12.1. The van der Waals surface area contributed by atoms with Gasteiger partial charge in [-0.2, -0.15) is 0 Å². The fraction of sp³-hybridized carbons (Fsp3) is 1.00. The predicted octanol–water partition coefficient (Wildman–Crippen LogP) is 2.71. The van der Waals surface area contributed by atoms with E-state index in [-0.39, 0.29) is 11.6 Å². The molecule has 0 aliphatic heterocycles. The van der Waals surface area contributed by atoms with Crippen LogP contribution in [-0.2, 0) is 4.74 Å². The second-order valence-corrected chi connectivity index (χ2v) is 6.21. The molecule has 17 heavy (non-hydrogen) atoms. The van der Waals surface area contributed by atoms with Gasteiger partial charge in [0.1, 0.15) is 0 Å². The molecule has 0 aromatic heterocycles. The number of hydrazine groups is 1. The summed E-state index contributed by atoms with van der Waals surface area (Å²) in [5.41, 5.74) is 2.82. The van der Waals surface area contributed by atoms with Gasteiger partial charge in [-0.25, -0.2) is 0 Å². The van der Waals surface area contributed by atoms with Crippen molar-refractivity contribution in [2.24, 2.45) is 23.6 Å². The van der Waals surface area contributed by atoms with Gasteiger partial charge in [-0.05, 0) is 51.4 Å². The van der Waals surface area contributed by atoms with Crippen molar-refractivity contribution in [1.82, 2.24) is 5.43 Å². The largest absolute Gasteiger partial charge is 0.374 e. The molecule has 3 nitrogen and oxygen atoms in total. The number of ether oxygens (including phenoxy) is 1. The Labute approximate surface area is 106 Å². The number of rotatable bonds is 5. The maximum atomic E-state index is 5.86. The van der Waals surface area contributed by atoms with Crippen LogP contribution in [0.4, 0.5) is 0 Å².